The fraction of sp³-hybridized carbons (Fsp3) is 0.600. The molecule has 4 atom stereocenters. The van der Waals surface area contributed by atoms with E-state index >= 15 is 0 Å². The van der Waals surface area contributed by atoms with E-state index in [1.807, 2.05) is 0 Å². The predicted molar refractivity (Wildman–Crippen MR) is 132 cm³/mol. The number of carboxylic acid groups (broad SMARTS) is 1. The molecule has 0 aliphatic rings. The number of carbonyl (C=O) groups is 4. The molecule has 14 nitrogen and oxygen atoms in total. The van der Waals surface area contributed by atoms with E-state index in [0.29, 0.717) is 12.1 Å². The number of aromatic nitrogens is 2. The van der Waals surface area contributed by atoms with Gasteiger partial charge < -0.3 is 43.2 Å². The van der Waals surface area contributed by atoms with Crippen LogP contribution in [0.25, 0.3) is 0 Å². The number of H-pyrrole nitrogens is 1. The van der Waals surface area contributed by atoms with Crippen LogP contribution in [0.3, 0.4) is 0 Å². The number of guanidine groups is 1. The first kappa shape index (κ1) is 29.7. The Labute approximate surface area is 208 Å². The van der Waals surface area contributed by atoms with Crippen molar-refractivity contribution in [3.8, 4) is 0 Å². The largest absolute Gasteiger partial charge is 0.480 e. The van der Waals surface area contributed by atoms with Crippen LogP contribution >= 0.6 is 12.6 Å². The number of imidazole rings is 1. The summed E-state index contributed by atoms with van der Waals surface area (Å²) in [6.07, 6.45) is 3.65. The van der Waals surface area contributed by atoms with E-state index in [9.17, 15) is 24.3 Å². The summed E-state index contributed by atoms with van der Waals surface area (Å²) in [5.41, 5.74) is 17.2. The second-order valence-electron chi connectivity index (χ2n) is 8.21. The molecule has 196 valence electrons. The molecule has 0 saturated heterocycles. The number of nitrogens with one attached hydrogen (secondary N) is 4. The fourth-order valence-electron chi connectivity index (χ4n) is 3.01. The van der Waals surface area contributed by atoms with Crippen LogP contribution in [0.15, 0.2) is 17.5 Å². The molecule has 4 unspecified atom stereocenters. The number of carbonyl (C=O) groups excluding carboxylic acids is 3. The SMILES string of the molecule is CC(C)C(NC(=O)C(CS)NC(=O)C(CCCN=C(N)N)NC(=O)C(N)Cc1cnc[nH]1)C(=O)O. The second kappa shape index (κ2) is 14.8. The van der Waals surface area contributed by atoms with Gasteiger partial charge in [-0.3, -0.25) is 19.4 Å². The van der Waals surface area contributed by atoms with Gasteiger partial charge in [-0.25, -0.2) is 9.78 Å². The van der Waals surface area contributed by atoms with E-state index in [4.69, 9.17) is 17.2 Å². The van der Waals surface area contributed by atoms with Crippen LogP contribution in [0.5, 0.6) is 0 Å². The van der Waals surface area contributed by atoms with Gasteiger partial charge in [0, 0.05) is 30.6 Å². The van der Waals surface area contributed by atoms with Crippen molar-refractivity contribution in [2.24, 2.45) is 28.1 Å². The van der Waals surface area contributed by atoms with Crippen molar-refractivity contribution in [2.45, 2.75) is 57.3 Å². The molecule has 0 aliphatic carbocycles. The van der Waals surface area contributed by atoms with Gasteiger partial charge in [-0.15, -0.1) is 0 Å². The summed E-state index contributed by atoms with van der Waals surface area (Å²) in [6, 6.07) is -4.30. The average Bonchev–Trinajstić information content (AvgIpc) is 3.29. The molecule has 1 aromatic heterocycles. The highest BCUT2D eigenvalue weighted by Crippen LogP contribution is 2.05. The van der Waals surface area contributed by atoms with Crippen molar-refractivity contribution >= 4 is 42.3 Å². The van der Waals surface area contributed by atoms with Gasteiger partial charge in [0.05, 0.1) is 12.4 Å². The Morgan fingerprint density at radius 1 is 1.11 bits per heavy atom. The minimum atomic E-state index is -1.20. The van der Waals surface area contributed by atoms with Gasteiger partial charge in [0.2, 0.25) is 17.7 Å². The van der Waals surface area contributed by atoms with Gasteiger partial charge in [-0.05, 0) is 18.8 Å². The lowest BCUT2D eigenvalue weighted by Crippen LogP contribution is -2.58. The summed E-state index contributed by atoms with van der Waals surface area (Å²) in [5.74, 6) is -3.75. The van der Waals surface area contributed by atoms with Crippen LogP contribution < -0.4 is 33.2 Å². The number of carboxylic acids is 1. The maximum absolute atomic E-state index is 13.0. The van der Waals surface area contributed by atoms with Crippen molar-refractivity contribution in [1.82, 2.24) is 25.9 Å². The van der Waals surface area contributed by atoms with Gasteiger partial charge >= 0.3 is 5.97 Å². The zero-order valence-corrected chi connectivity index (χ0v) is 20.6. The van der Waals surface area contributed by atoms with Crippen LogP contribution in [0, 0.1) is 5.92 Å². The maximum atomic E-state index is 13.0. The lowest BCUT2D eigenvalue weighted by atomic mass is 10.0. The number of nitrogens with zero attached hydrogens (tertiary/aromatic N) is 2. The molecule has 3 amide bonds. The summed E-state index contributed by atoms with van der Waals surface area (Å²) in [4.78, 5) is 60.2. The third-order valence-electron chi connectivity index (χ3n) is 4.96. The number of hydrogen-bond acceptors (Lipinski definition) is 8. The van der Waals surface area contributed by atoms with Crippen LogP contribution in [-0.2, 0) is 25.6 Å². The first-order valence-electron chi connectivity index (χ1n) is 11.0. The van der Waals surface area contributed by atoms with Crippen LogP contribution in [0.4, 0.5) is 0 Å². The highest BCUT2D eigenvalue weighted by molar-refractivity contribution is 7.80. The van der Waals surface area contributed by atoms with Crippen molar-refractivity contribution in [2.75, 3.05) is 12.3 Å². The van der Waals surface area contributed by atoms with Gasteiger partial charge in [0.25, 0.3) is 0 Å². The first-order chi connectivity index (χ1) is 16.5. The molecule has 35 heavy (non-hydrogen) atoms. The number of aromatic amines is 1. The summed E-state index contributed by atoms with van der Waals surface area (Å²) < 4.78 is 0. The summed E-state index contributed by atoms with van der Waals surface area (Å²) in [6.45, 7) is 3.50. The van der Waals surface area contributed by atoms with Gasteiger partial charge in [-0.1, -0.05) is 13.8 Å². The Balaban J connectivity index is 2.89. The number of aliphatic imine (C=N–C) groups is 1. The number of amides is 3. The molecular formula is C20H35N9O5S. The number of thiol groups is 1. The van der Waals surface area contributed by atoms with Crippen molar-refractivity contribution in [3.63, 3.8) is 0 Å². The Kier molecular flexibility index (Phi) is 12.6. The molecule has 0 aliphatic heterocycles. The van der Waals surface area contributed by atoms with Gasteiger partial charge in [0.1, 0.15) is 18.1 Å². The number of nitrogens with two attached hydrogens (primary N) is 3. The molecule has 0 aromatic carbocycles. The summed E-state index contributed by atoms with van der Waals surface area (Å²) >= 11 is 4.10. The molecule has 0 bridgehead atoms. The lowest BCUT2D eigenvalue weighted by Gasteiger charge is -2.25. The molecule has 0 radical (unpaired) electrons. The number of hydrogen-bond donors (Lipinski definition) is 9. The van der Waals surface area contributed by atoms with Crippen LogP contribution in [0.1, 0.15) is 32.4 Å². The van der Waals surface area contributed by atoms with E-state index in [-0.39, 0.29) is 37.0 Å². The molecule has 0 fully saturated rings. The zero-order valence-electron chi connectivity index (χ0n) is 19.7. The molecule has 1 heterocycles. The minimum Gasteiger partial charge on any atom is -0.480 e. The van der Waals surface area contributed by atoms with E-state index in [1.54, 1.807) is 13.8 Å². The Morgan fingerprint density at radius 2 is 1.74 bits per heavy atom. The molecule has 1 rings (SSSR count). The quantitative estimate of drug-likeness (QED) is 0.0518. The smallest absolute Gasteiger partial charge is 0.326 e. The first-order valence-corrected chi connectivity index (χ1v) is 11.6. The van der Waals surface area contributed by atoms with Crippen molar-refractivity contribution < 1.29 is 24.3 Å². The minimum absolute atomic E-state index is 0.101. The zero-order chi connectivity index (χ0) is 26.5. The second-order valence-corrected chi connectivity index (χ2v) is 8.57. The molecule has 0 spiro atoms. The molecule has 0 saturated carbocycles. The van der Waals surface area contributed by atoms with Gasteiger partial charge in [-0.2, -0.15) is 12.6 Å². The average molecular weight is 514 g/mol. The summed E-state index contributed by atoms with van der Waals surface area (Å²) in [7, 11) is 0. The fourth-order valence-corrected chi connectivity index (χ4v) is 3.27. The summed E-state index contributed by atoms with van der Waals surface area (Å²) in [5, 5.41) is 16.8. The molecular weight excluding hydrogens is 478 g/mol. The van der Waals surface area contributed by atoms with E-state index in [2.05, 4.69) is 43.5 Å². The Bertz CT molecular complexity index is 874. The van der Waals surface area contributed by atoms with Crippen LogP contribution in [0.2, 0.25) is 0 Å². The third-order valence-corrected chi connectivity index (χ3v) is 5.32. The Hall–Kier alpha value is -3.33. The standard InChI is InChI=1S/C20H35N9O5S/c1-10(2)15(19(33)34)29-18(32)14(8-35)28-17(31)13(4-3-5-25-20(22)23)27-16(30)12(21)6-11-7-24-9-26-11/h7,9-10,12-15,35H,3-6,8,21H2,1-2H3,(H,24,26)(H,27,30)(H,28,31)(H,29,32)(H,33,34)(H4,22,23,25). The highest BCUT2D eigenvalue weighted by Gasteiger charge is 2.30. The van der Waals surface area contributed by atoms with Crippen molar-refractivity contribution in [3.05, 3.63) is 18.2 Å². The van der Waals surface area contributed by atoms with Crippen LogP contribution in [-0.4, -0.2) is 81.2 Å². The number of rotatable bonds is 15. The Morgan fingerprint density at radius 3 is 2.26 bits per heavy atom. The molecule has 11 N–H and O–H groups in total. The molecule has 15 heteroatoms. The normalized spacial score (nSPS) is 14.3. The number of aliphatic carboxylic acids is 1. The topological polar surface area (TPSA) is 244 Å². The van der Waals surface area contributed by atoms with E-state index in [1.165, 1.54) is 12.5 Å². The predicted octanol–water partition coefficient (Wildman–Crippen LogP) is -2.54. The van der Waals surface area contributed by atoms with Crippen molar-refractivity contribution in [1.29, 1.82) is 0 Å². The van der Waals surface area contributed by atoms with E-state index < -0.39 is 47.9 Å². The maximum Gasteiger partial charge on any atom is 0.326 e. The molecule has 1 aromatic rings. The highest BCUT2D eigenvalue weighted by atomic mass is 32.1. The monoisotopic (exact) mass is 513 g/mol. The van der Waals surface area contributed by atoms with E-state index in [0.717, 1.165) is 0 Å². The lowest BCUT2D eigenvalue weighted by molar-refractivity contribution is -0.143. The third kappa shape index (κ3) is 10.6. The van der Waals surface area contributed by atoms with Gasteiger partial charge in [0.15, 0.2) is 5.96 Å².